The van der Waals surface area contributed by atoms with E-state index in [2.05, 4.69) is 127 Å². The highest BCUT2D eigenvalue weighted by molar-refractivity contribution is 6.48. The van der Waals surface area contributed by atoms with Crippen LogP contribution in [0.2, 0.25) is 5.82 Å². The molecule has 1 heterocycles. The van der Waals surface area contributed by atoms with Gasteiger partial charge in [-0.2, -0.15) is 0 Å². The molecule has 4 atom stereocenters. The lowest BCUT2D eigenvalue weighted by molar-refractivity contribution is -0.136. The Labute approximate surface area is 260 Å². The topological polar surface area (TPSA) is 36.9 Å². The van der Waals surface area contributed by atoms with Crippen molar-refractivity contribution in [2.24, 2.45) is 0 Å². The van der Waals surface area contributed by atoms with Crippen molar-refractivity contribution in [3.63, 3.8) is 0 Å². The molecule has 2 aliphatic rings. The van der Waals surface area contributed by atoms with Crippen LogP contribution in [0.1, 0.15) is 40.2 Å². The number of ether oxygens (including phenoxy) is 2. The van der Waals surface area contributed by atoms with Gasteiger partial charge in [0.05, 0.1) is 0 Å². The Hall–Kier alpha value is -4.00. The van der Waals surface area contributed by atoms with Crippen LogP contribution < -0.4 is 0 Å². The van der Waals surface area contributed by atoms with E-state index in [-0.39, 0.29) is 5.82 Å². The van der Waals surface area contributed by atoms with Crippen molar-refractivity contribution in [2.45, 2.75) is 41.6 Å². The summed E-state index contributed by atoms with van der Waals surface area (Å²) in [5.41, 5.74) is 3.31. The van der Waals surface area contributed by atoms with Crippen LogP contribution >= 0.6 is 0 Å². The van der Waals surface area contributed by atoms with E-state index in [9.17, 15) is 0 Å². The molecular formula is C39H37BO4. The average molecular weight is 581 g/mol. The molecule has 0 N–H and O–H groups in total. The molecule has 5 heteroatoms. The maximum atomic E-state index is 7.24. The second kappa shape index (κ2) is 12.2. The minimum absolute atomic E-state index is 0.215. The molecule has 1 aliphatic heterocycles. The van der Waals surface area contributed by atoms with E-state index in [4.69, 9.17) is 18.8 Å². The zero-order chi connectivity index (χ0) is 30.0. The number of methoxy groups -OCH3 is 2. The van der Waals surface area contributed by atoms with Crippen molar-refractivity contribution in [3.8, 4) is 0 Å². The van der Waals surface area contributed by atoms with Crippen LogP contribution in [0, 0.1) is 0 Å². The first-order chi connectivity index (χ1) is 21.7. The molecule has 5 aromatic rings. The second-order valence-electron chi connectivity index (χ2n) is 11.7. The quantitative estimate of drug-likeness (QED) is 0.157. The van der Waals surface area contributed by atoms with E-state index < -0.39 is 30.5 Å². The van der Waals surface area contributed by atoms with Gasteiger partial charge in [-0.25, -0.2) is 0 Å². The first kappa shape index (κ1) is 28.8. The summed E-state index contributed by atoms with van der Waals surface area (Å²) in [5, 5.41) is 0. The lowest BCUT2D eigenvalue weighted by Crippen LogP contribution is -2.56. The largest absolute Gasteiger partial charge is 0.461 e. The zero-order valence-electron chi connectivity index (χ0n) is 25.2. The van der Waals surface area contributed by atoms with E-state index in [0.717, 1.165) is 28.7 Å². The predicted molar refractivity (Wildman–Crippen MR) is 174 cm³/mol. The maximum absolute atomic E-state index is 7.24. The van der Waals surface area contributed by atoms with Gasteiger partial charge in [-0.3, -0.25) is 0 Å². The molecule has 0 spiro atoms. The molecule has 2 fully saturated rings. The van der Waals surface area contributed by atoms with Crippen LogP contribution in [0.15, 0.2) is 152 Å². The third-order valence-electron chi connectivity index (χ3n) is 9.51. The maximum Gasteiger partial charge on any atom is 0.461 e. The summed E-state index contributed by atoms with van der Waals surface area (Å²) in [6, 6.07) is 52.2. The molecule has 0 bridgehead atoms. The molecule has 1 saturated carbocycles. The van der Waals surface area contributed by atoms with Gasteiger partial charge in [0, 0.05) is 20.0 Å². The number of hydrogen-bond donors (Lipinski definition) is 0. The number of rotatable bonds is 10. The van der Waals surface area contributed by atoms with Gasteiger partial charge in [-0.15, -0.1) is 0 Å². The van der Waals surface area contributed by atoms with E-state index in [1.54, 1.807) is 14.2 Å². The molecule has 0 aromatic heterocycles. The minimum atomic E-state index is -0.994. The number of hydrogen-bond acceptors (Lipinski definition) is 4. The van der Waals surface area contributed by atoms with Crippen molar-refractivity contribution >= 4 is 7.12 Å². The molecule has 1 aliphatic carbocycles. The molecule has 5 aromatic carbocycles. The molecular weight excluding hydrogens is 543 g/mol. The van der Waals surface area contributed by atoms with Gasteiger partial charge >= 0.3 is 7.12 Å². The lowest BCUT2D eigenvalue weighted by atomic mass is 9.71. The molecule has 7 rings (SSSR count). The van der Waals surface area contributed by atoms with E-state index in [1.807, 2.05) is 24.3 Å². The summed E-state index contributed by atoms with van der Waals surface area (Å²) < 4.78 is 27.9. The van der Waals surface area contributed by atoms with Crippen LogP contribution in [0.5, 0.6) is 0 Å². The molecule has 4 nitrogen and oxygen atoms in total. The predicted octanol–water partition coefficient (Wildman–Crippen LogP) is 8.00. The second-order valence-corrected chi connectivity index (χ2v) is 11.7. The van der Waals surface area contributed by atoms with Crippen LogP contribution in [0.3, 0.4) is 0 Å². The summed E-state index contributed by atoms with van der Waals surface area (Å²) in [5.74, 6) is 0.587. The standard InChI is InChI=1S/C39H37BO4/c1-41-38(30-20-10-4-11-21-30,31-22-12-5-13-23-31)36-37(44-40(43-36)35-28-34(35)29-18-8-3-9-19-29)39(42-2,32-24-14-6-15-25-32)33-26-16-7-17-27-33/h3-27,34-37H,28H2,1-2H3/t34-,35-,36-,37-/m1/s1. The Bertz CT molecular complexity index is 1460. The fraction of sp³-hybridized carbons (Fsp3) is 0.231. The molecule has 44 heavy (non-hydrogen) atoms. The highest BCUT2D eigenvalue weighted by Gasteiger charge is 2.65. The third kappa shape index (κ3) is 4.81. The van der Waals surface area contributed by atoms with Gasteiger partial charge < -0.3 is 18.8 Å². The summed E-state index contributed by atoms with van der Waals surface area (Å²) in [4.78, 5) is 0. The van der Waals surface area contributed by atoms with Crippen LogP contribution in [-0.4, -0.2) is 33.5 Å². The molecule has 0 radical (unpaired) electrons. The van der Waals surface area contributed by atoms with Crippen molar-refractivity contribution in [1.82, 2.24) is 0 Å². The Kier molecular flexibility index (Phi) is 7.96. The van der Waals surface area contributed by atoms with Crippen molar-refractivity contribution in [3.05, 3.63) is 179 Å². The SMILES string of the molecule is COC(c1ccccc1)(c1ccccc1)[C@@H]1OB([C@@H]2C[C@@H]2c2ccccc2)O[C@H]1C(OC)(c1ccccc1)c1ccccc1. The summed E-state index contributed by atoms with van der Waals surface area (Å²) in [7, 11) is 3.10. The Morgan fingerprint density at radius 1 is 0.500 bits per heavy atom. The fourth-order valence-corrected chi connectivity index (χ4v) is 7.32. The van der Waals surface area contributed by atoms with Gasteiger partial charge in [-0.05, 0) is 40.2 Å². The van der Waals surface area contributed by atoms with Crippen LogP contribution in [0.4, 0.5) is 0 Å². The fourth-order valence-electron chi connectivity index (χ4n) is 7.32. The Morgan fingerprint density at radius 3 is 1.14 bits per heavy atom. The summed E-state index contributed by atoms with van der Waals surface area (Å²) in [6.45, 7) is 0. The summed E-state index contributed by atoms with van der Waals surface area (Å²) in [6.07, 6.45) is -0.138. The van der Waals surface area contributed by atoms with E-state index >= 15 is 0 Å². The van der Waals surface area contributed by atoms with Gasteiger partial charge in [-0.1, -0.05) is 152 Å². The van der Waals surface area contributed by atoms with Gasteiger partial charge in [0.2, 0.25) is 0 Å². The lowest BCUT2D eigenvalue weighted by Gasteiger charge is -2.47. The van der Waals surface area contributed by atoms with Crippen molar-refractivity contribution in [1.29, 1.82) is 0 Å². The number of benzene rings is 5. The Morgan fingerprint density at radius 2 is 0.818 bits per heavy atom. The van der Waals surface area contributed by atoms with Gasteiger partial charge in [0.25, 0.3) is 0 Å². The van der Waals surface area contributed by atoms with Crippen LogP contribution in [-0.2, 0) is 30.0 Å². The van der Waals surface area contributed by atoms with Crippen LogP contribution in [0.25, 0.3) is 0 Å². The molecule has 1 saturated heterocycles. The first-order valence-electron chi connectivity index (χ1n) is 15.4. The highest BCUT2D eigenvalue weighted by Crippen LogP contribution is 2.59. The first-order valence-corrected chi connectivity index (χ1v) is 15.4. The van der Waals surface area contributed by atoms with E-state index in [1.165, 1.54) is 5.56 Å². The molecule has 0 amide bonds. The molecule has 0 unspecified atom stereocenters. The average Bonchev–Trinajstić information content (AvgIpc) is 3.80. The Balaban J connectivity index is 1.44. The zero-order valence-corrected chi connectivity index (χ0v) is 25.2. The van der Waals surface area contributed by atoms with Crippen molar-refractivity contribution in [2.75, 3.05) is 14.2 Å². The smallest absolute Gasteiger partial charge is 0.402 e. The third-order valence-corrected chi connectivity index (χ3v) is 9.51. The van der Waals surface area contributed by atoms with Gasteiger partial charge in [0.1, 0.15) is 23.4 Å². The van der Waals surface area contributed by atoms with Gasteiger partial charge in [0.15, 0.2) is 0 Å². The monoisotopic (exact) mass is 580 g/mol. The minimum Gasteiger partial charge on any atom is -0.402 e. The van der Waals surface area contributed by atoms with Crippen molar-refractivity contribution < 1.29 is 18.8 Å². The highest BCUT2D eigenvalue weighted by atomic mass is 16.7. The van der Waals surface area contributed by atoms with E-state index in [0.29, 0.717) is 5.92 Å². The normalized spacial score (nSPS) is 21.7. The molecule has 220 valence electrons. The summed E-state index contributed by atoms with van der Waals surface area (Å²) >= 11 is 0.